The lowest BCUT2D eigenvalue weighted by atomic mass is 9.69. The summed E-state index contributed by atoms with van der Waals surface area (Å²) in [6, 6.07) is 42.4. The molecule has 3 aliphatic carbocycles. The second-order valence-electron chi connectivity index (χ2n) is 13.1. The number of allylic oxidation sites excluding steroid dienone is 7. The van der Waals surface area contributed by atoms with E-state index in [4.69, 9.17) is 4.42 Å². The molecule has 1 atom stereocenters. The minimum absolute atomic E-state index is 0.328. The van der Waals surface area contributed by atoms with Gasteiger partial charge in [0.2, 0.25) is 0 Å². The van der Waals surface area contributed by atoms with Gasteiger partial charge in [-0.25, -0.2) is 0 Å². The fourth-order valence-corrected chi connectivity index (χ4v) is 8.74. The average Bonchev–Trinajstić information content (AvgIpc) is 3.51. The molecule has 1 heteroatoms. The van der Waals surface area contributed by atoms with Crippen molar-refractivity contribution < 1.29 is 4.42 Å². The molecule has 7 aromatic carbocycles. The molecule has 3 aliphatic rings. The van der Waals surface area contributed by atoms with Crippen LogP contribution in [0.2, 0.25) is 0 Å². The summed E-state index contributed by atoms with van der Waals surface area (Å²) < 4.78 is 6.50. The zero-order valence-corrected chi connectivity index (χ0v) is 25.6. The van der Waals surface area contributed by atoms with Gasteiger partial charge in [0.05, 0.1) is 0 Å². The molecule has 0 aliphatic heterocycles. The van der Waals surface area contributed by atoms with Gasteiger partial charge in [-0.05, 0) is 102 Å². The van der Waals surface area contributed by atoms with E-state index >= 15 is 0 Å². The minimum Gasteiger partial charge on any atom is -0.455 e. The Bertz CT molecular complexity index is 2760. The van der Waals surface area contributed by atoms with Crippen LogP contribution in [0.25, 0.3) is 82.6 Å². The quantitative estimate of drug-likeness (QED) is 0.181. The van der Waals surface area contributed by atoms with E-state index in [1.165, 1.54) is 77.0 Å². The Morgan fingerprint density at radius 1 is 0.553 bits per heavy atom. The van der Waals surface area contributed by atoms with E-state index in [1.807, 2.05) is 0 Å². The Labute approximate surface area is 272 Å². The maximum absolute atomic E-state index is 6.50. The van der Waals surface area contributed by atoms with Crippen molar-refractivity contribution in [1.29, 1.82) is 0 Å². The van der Waals surface area contributed by atoms with Crippen molar-refractivity contribution in [3.8, 4) is 22.3 Å². The standard InChI is InChI=1S/C46H28O/c1-2-11-32-27(8-1)18-24-39-40-26-31(21-25-41(40)47-46(32)39)43-33-12-3-5-14-35(33)45(36-15-6-4-13-34(36)43)38-23-20-30-17-16-28-9-7-10-29-19-22-37(38)44(30)42(28)29/h1-21,23-26,42H,22H2. The topological polar surface area (TPSA) is 13.1 Å². The first-order valence-corrected chi connectivity index (χ1v) is 16.5. The van der Waals surface area contributed by atoms with E-state index in [9.17, 15) is 0 Å². The van der Waals surface area contributed by atoms with Crippen molar-refractivity contribution in [2.75, 3.05) is 0 Å². The Morgan fingerprint density at radius 2 is 1.30 bits per heavy atom. The molecule has 0 saturated carbocycles. The molecule has 218 valence electrons. The Hall–Kier alpha value is -5.92. The van der Waals surface area contributed by atoms with E-state index < -0.39 is 0 Å². The van der Waals surface area contributed by atoms with Gasteiger partial charge in [-0.3, -0.25) is 0 Å². The molecule has 0 N–H and O–H groups in total. The normalized spacial score (nSPS) is 16.3. The monoisotopic (exact) mass is 596 g/mol. The van der Waals surface area contributed by atoms with Crippen molar-refractivity contribution in [3.63, 3.8) is 0 Å². The van der Waals surface area contributed by atoms with Crippen LogP contribution in [-0.4, -0.2) is 0 Å². The summed E-state index contributed by atoms with van der Waals surface area (Å²) in [6.07, 6.45) is 14.8. The highest BCUT2D eigenvalue weighted by Gasteiger charge is 2.32. The molecule has 0 amide bonds. The fraction of sp³-hybridized carbons (Fsp3) is 0.0435. The van der Waals surface area contributed by atoms with Crippen molar-refractivity contribution >= 4 is 60.3 Å². The molecule has 1 nitrogen and oxygen atoms in total. The van der Waals surface area contributed by atoms with Crippen molar-refractivity contribution in [2.45, 2.75) is 12.3 Å². The summed E-state index contributed by atoms with van der Waals surface area (Å²) >= 11 is 0. The summed E-state index contributed by atoms with van der Waals surface area (Å²) in [5.74, 6) is 0.328. The zero-order valence-electron chi connectivity index (χ0n) is 25.6. The lowest BCUT2D eigenvalue weighted by molar-refractivity contribution is 0.672. The third-order valence-electron chi connectivity index (χ3n) is 10.8. The lowest BCUT2D eigenvalue weighted by Crippen LogP contribution is -2.18. The first-order chi connectivity index (χ1) is 23.3. The third kappa shape index (κ3) is 3.43. The predicted molar refractivity (Wildman–Crippen MR) is 198 cm³/mol. The molecule has 0 radical (unpaired) electrons. The van der Waals surface area contributed by atoms with Gasteiger partial charge >= 0.3 is 0 Å². The van der Waals surface area contributed by atoms with Crippen LogP contribution < -0.4 is 0 Å². The summed E-state index contributed by atoms with van der Waals surface area (Å²) in [5, 5.41) is 9.80. The number of fused-ring (bicyclic) bond motifs is 7. The van der Waals surface area contributed by atoms with Crippen molar-refractivity contribution in [3.05, 3.63) is 173 Å². The number of hydrogen-bond acceptors (Lipinski definition) is 1. The van der Waals surface area contributed by atoms with E-state index in [-0.39, 0.29) is 0 Å². The van der Waals surface area contributed by atoms with Gasteiger partial charge in [0.25, 0.3) is 0 Å². The molecular formula is C46H28O. The SMILES string of the molecule is C1=CC2=CCc3c(-c4c5ccccc5c(-c5ccc6oc7c8ccccc8ccc7c6c5)c5ccccc45)ccc4c3C2C(=C1)C=C4. The number of furan rings is 1. The molecule has 11 rings (SSSR count). The second-order valence-corrected chi connectivity index (χ2v) is 13.1. The molecule has 0 fully saturated rings. The van der Waals surface area contributed by atoms with Crippen LogP contribution in [0.5, 0.6) is 0 Å². The third-order valence-corrected chi connectivity index (χ3v) is 10.8. The van der Waals surface area contributed by atoms with E-state index in [1.54, 1.807) is 0 Å². The first-order valence-electron chi connectivity index (χ1n) is 16.5. The summed E-state index contributed by atoms with van der Waals surface area (Å²) in [6.45, 7) is 0. The van der Waals surface area contributed by atoms with Gasteiger partial charge in [-0.1, -0.05) is 134 Å². The van der Waals surface area contributed by atoms with Crippen LogP contribution in [0.15, 0.2) is 161 Å². The fourth-order valence-electron chi connectivity index (χ4n) is 8.74. The van der Waals surface area contributed by atoms with Gasteiger partial charge in [-0.15, -0.1) is 0 Å². The smallest absolute Gasteiger partial charge is 0.143 e. The zero-order chi connectivity index (χ0) is 30.6. The molecule has 0 spiro atoms. The average molecular weight is 597 g/mol. The van der Waals surface area contributed by atoms with E-state index in [0.29, 0.717) is 5.92 Å². The van der Waals surface area contributed by atoms with Gasteiger partial charge in [-0.2, -0.15) is 0 Å². The highest BCUT2D eigenvalue weighted by molar-refractivity contribution is 6.23. The second kappa shape index (κ2) is 9.31. The van der Waals surface area contributed by atoms with Crippen LogP contribution in [-0.2, 0) is 6.42 Å². The van der Waals surface area contributed by atoms with Crippen molar-refractivity contribution in [2.24, 2.45) is 0 Å². The number of hydrogen-bond donors (Lipinski definition) is 0. The van der Waals surface area contributed by atoms with Crippen molar-refractivity contribution in [1.82, 2.24) is 0 Å². The Balaban J connectivity index is 1.20. The highest BCUT2D eigenvalue weighted by atomic mass is 16.3. The maximum atomic E-state index is 6.50. The van der Waals surface area contributed by atoms with Crippen LogP contribution in [0.1, 0.15) is 22.6 Å². The predicted octanol–water partition coefficient (Wildman–Crippen LogP) is 12.5. The summed E-state index contributed by atoms with van der Waals surface area (Å²) in [4.78, 5) is 0. The summed E-state index contributed by atoms with van der Waals surface area (Å²) in [5.41, 5.74) is 14.2. The van der Waals surface area contributed by atoms with Gasteiger partial charge in [0.1, 0.15) is 11.2 Å². The first kappa shape index (κ1) is 25.3. The van der Waals surface area contributed by atoms with Crippen LogP contribution >= 0.6 is 0 Å². The van der Waals surface area contributed by atoms with Crippen LogP contribution in [0, 0.1) is 0 Å². The lowest BCUT2D eigenvalue weighted by Gasteiger charge is -2.34. The largest absolute Gasteiger partial charge is 0.455 e. The number of benzene rings is 7. The molecule has 47 heavy (non-hydrogen) atoms. The Kier molecular flexibility index (Phi) is 5.01. The summed E-state index contributed by atoms with van der Waals surface area (Å²) in [7, 11) is 0. The molecule has 0 saturated heterocycles. The number of rotatable bonds is 2. The molecular weight excluding hydrogens is 569 g/mol. The van der Waals surface area contributed by atoms with Crippen LogP contribution in [0.4, 0.5) is 0 Å². The minimum atomic E-state index is 0.328. The van der Waals surface area contributed by atoms with Gasteiger partial charge in [0, 0.05) is 22.1 Å². The molecule has 0 bridgehead atoms. The highest BCUT2D eigenvalue weighted by Crippen LogP contribution is 2.51. The Morgan fingerprint density at radius 3 is 2.11 bits per heavy atom. The van der Waals surface area contributed by atoms with Gasteiger partial charge in [0.15, 0.2) is 0 Å². The molecule has 8 aromatic rings. The molecule has 1 unspecified atom stereocenters. The van der Waals surface area contributed by atoms with Crippen LogP contribution in [0.3, 0.4) is 0 Å². The van der Waals surface area contributed by atoms with Gasteiger partial charge < -0.3 is 4.42 Å². The molecule has 1 aromatic heterocycles. The molecule has 1 heterocycles. The van der Waals surface area contributed by atoms with E-state index in [2.05, 4.69) is 152 Å². The maximum Gasteiger partial charge on any atom is 0.143 e. The van der Waals surface area contributed by atoms with E-state index in [0.717, 1.165) is 33.7 Å².